The molecule has 1 heterocycles. The van der Waals surface area contributed by atoms with Crippen LogP contribution < -0.4 is 5.32 Å². The molecule has 2 N–H and O–H groups in total. The van der Waals surface area contributed by atoms with Gasteiger partial charge in [-0.1, -0.05) is 13.0 Å². The Balaban J connectivity index is 2.15. The summed E-state index contributed by atoms with van der Waals surface area (Å²) in [5, 5.41) is 16.1. The minimum atomic E-state index is -1.13. The predicted molar refractivity (Wildman–Crippen MR) is 89.1 cm³/mol. The van der Waals surface area contributed by atoms with E-state index in [1.54, 1.807) is 6.20 Å². The predicted octanol–water partition coefficient (Wildman–Crippen LogP) is 2.12. The van der Waals surface area contributed by atoms with Gasteiger partial charge in [-0.15, -0.1) is 6.58 Å². The second-order valence-electron chi connectivity index (χ2n) is 6.11. The fourth-order valence-electron chi connectivity index (χ4n) is 2.51. The number of aliphatic carboxylic acids is 1. The third kappa shape index (κ3) is 4.23. The topological polar surface area (TPSA) is 93.5 Å². The SMILES string of the molecule is C=CCOCC(NC(=O)c1cnn(C(C)CC)c1C1CC1)C(=O)O. The number of hydrogen-bond donors (Lipinski definition) is 2. The van der Waals surface area contributed by atoms with Gasteiger partial charge in [-0.25, -0.2) is 4.79 Å². The van der Waals surface area contributed by atoms with E-state index in [2.05, 4.69) is 30.8 Å². The summed E-state index contributed by atoms with van der Waals surface area (Å²) in [5.74, 6) is -1.21. The highest BCUT2D eigenvalue weighted by atomic mass is 16.5. The highest BCUT2D eigenvalue weighted by Crippen LogP contribution is 2.42. The molecule has 0 bridgehead atoms. The van der Waals surface area contributed by atoms with Gasteiger partial charge < -0.3 is 15.2 Å². The van der Waals surface area contributed by atoms with Crippen LogP contribution in [0.4, 0.5) is 0 Å². The Morgan fingerprint density at radius 1 is 1.58 bits per heavy atom. The van der Waals surface area contributed by atoms with Crippen molar-refractivity contribution < 1.29 is 19.4 Å². The lowest BCUT2D eigenvalue weighted by Crippen LogP contribution is -2.44. The fraction of sp³-hybridized carbons (Fsp3) is 0.588. The van der Waals surface area contributed by atoms with Crippen molar-refractivity contribution >= 4 is 11.9 Å². The molecule has 1 saturated carbocycles. The van der Waals surface area contributed by atoms with Gasteiger partial charge in [-0.3, -0.25) is 9.48 Å². The van der Waals surface area contributed by atoms with Crippen LogP contribution in [0.2, 0.25) is 0 Å². The molecule has 1 aromatic rings. The Kier molecular flexibility index (Phi) is 6.14. The first kappa shape index (κ1) is 18.2. The van der Waals surface area contributed by atoms with Gasteiger partial charge in [0.2, 0.25) is 0 Å². The minimum absolute atomic E-state index is 0.106. The lowest BCUT2D eigenvalue weighted by molar-refractivity contribution is -0.140. The Labute approximate surface area is 141 Å². The monoisotopic (exact) mass is 335 g/mol. The molecule has 7 heteroatoms. The van der Waals surface area contributed by atoms with Crippen LogP contribution in [0.25, 0.3) is 0 Å². The summed E-state index contributed by atoms with van der Waals surface area (Å²) in [4.78, 5) is 23.9. The third-order valence-corrected chi connectivity index (χ3v) is 4.17. The number of ether oxygens (including phenoxy) is 1. The van der Waals surface area contributed by atoms with Crippen molar-refractivity contribution in [2.75, 3.05) is 13.2 Å². The normalized spacial score (nSPS) is 16.4. The number of carbonyl (C=O) groups excluding carboxylic acids is 1. The Bertz CT molecular complexity index is 607. The van der Waals surface area contributed by atoms with Crippen molar-refractivity contribution in [3.63, 3.8) is 0 Å². The van der Waals surface area contributed by atoms with E-state index < -0.39 is 17.9 Å². The third-order valence-electron chi connectivity index (χ3n) is 4.17. The largest absolute Gasteiger partial charge is 0.480 e. The first-order valence-corrected chi connectivity index (χ1v) is 8.29. The lowest BCUT2D eigenvalue weighted by Gasteiger charge is -2.16. The van der Waals surface area contributed by atoms with Crippen molar-refractivity contribution in [1.29, 1.82) is 0 Å². The number of hydrogen-bond acceptors (Lipinski definition) is 4. The van der Waals surface area contributed by atoms with Crippen LogP contribution in [0.1, 0.15) is 61.1 Å². The van der Waals surface area contributed by atoms with Gasteiger partial charge in [0, 0.05) is 12.0 Å². The molecule has 2 atom stereocenters. The van der Waals surface area contributed by atoms with Gasteiger partial charge in [-0.05, 0) is 26.2 Å². The molecular formula is C17H25N3O4. The summed E-state index contributed by atoms with van der Waals surface area (Å²) in [7, 11) is 0. The Morgan fingerprint density at radius 3 is 2.83 bits per heavy atom. The zero-order chi connectivity index (χ0) is 17.7. The van der Waals surface area contributed by atoms with E-state index in [-0.39, 0.29) is 19.3 Å². The first-order chi connectivity index (χ1) is 11.5. The molecule has 0 saturated heterocycles. The summed E-state index contributed by atoms with van der Waals surface area (Å²) in [6.07, 6.45) is 6.05. The summed E-state index contributed by atoms with van der Waals surface area (Å²) < 4.78 is 7.06. The molecule has 0 aromatic carbocycles. The molecule has 0 radical (unpaired) electrons. The number of nitrogens with zero attached hydrogens (tertiary/aromatic N) is 2. The molecule has 1 amide bonds. The molecular weight excluding hydrogens is 310 g/mol. The van der Waals surface area contributed by atoms with Crippen LogP contribution in [0.3, 0.4) is 0 Å². The molecule has 1 aromatic heterocycles. The average Bonchev–Trinajstić information content (AvgIpc) is 3.31. The standard InChI is InChI=1S/C17H25N3O4/c1-4-8-24-10-14(17(22)23)19-16(21)13-9-18-20(11(3)5-2)15(13)12-6-7-12/h4,9,11-12,14H,1,5-8,10H2,2-3H3,(H,19,21)(H,22,23). The molecule has 0 aliphatic heterocycles. The van der Waals surface area contributed by atoms with E-state index in [9.17, 15) is 14.7 Å². The molecule has 1 fully saturated rings. The number of nitrogens with one attached hydrogen (secondary N) is 1. The Morgan fingerprint density at radius 2 is 2.29 bits per heavy atom. The van der Waals surface area contributed by atoms with Crippen molar-refractivity contribution in [2.24, 2.45) is 0 Å². The maximum atomic E-state index is 12.6. The second kappa shape index (κ2) is 8.10. The zero-order valence-corrected chi connectivity index (χ0v) is 14.2. The fourth-order valence-corrected chi connectivity index (χ4v) is 2.51. The van der Waals surface area contributed by atoms with Gasteiger partial charge in [0.1, 0.15) is 0 Å². The van der Waals surface area contributed by atoms with E-state index in [1.165, 1.54) is 6.08 Å². The number of carboxylic acids is 1. The molecule has 132 valence electrons. The highest BCUT2D eigenvalue weighted by molar-refractivity contribution is 5.97. The Hall–Kier alpha value is -2.15. The van der Waals surface area contributed by atoms with Gasteiger partial charge in [0.05, 0.1) is 30.7 Å². The van der Waals surface area contributed by atoms with Crippen LogP contribution in [-0.4, -0.2) is 46.0 Å². The number of carboxylic acid groups (broad SMARTS) is 1. The average molecular weight is 335 g/mol. The molecule has 2 rings (SSSR count). The van der Waals surface area contributed by atoms with Crippen molar-refractivity contribution in [3.05, 3.63) is 30.1 Å². The van der Waals surface area contributed by atoms with Crippen molar-refractivity contribution in [2.45, 2.75) is 51.1 Å². The number of rotatable bonds is 10. The number of carbonyl (C=O) groups is 2. The van der Waals surface area contributed by atoms with E-state index in [0.29, 0.717) is 11.5 Å². The number of amides is 1. The van der Waals surface area contributed by atoms with Gasteiger partial charge >= 0.3 is 5.97 Å². The summed E-state index contributed by atoms with van der Waals surface area (Å²) in [6, 6.07) is -0.898. The smallest absolute Gasteiger partial charge is 0.328 e. The molecule has 0 spiro atoms. The molecule has 2 unspecified atom stereocenters. The van der Waals surface area contributed by atoms with Gasteiger partial charge in [-0.2, -0.15) is 5.10 Å². The quantitative estimate of drug-likeness (QED) is 0.504. The van der Waals surface area contributed by atoms with Crippen LogP contribution >= 0.6 is 0 Å². The minimum Gasteiger partial charge on any atom is -0.480 e. The van der Waals surface area contributed by atoms with E-state index in [4.69, 9.17) is 4.74 Å². The van der Waals surface area contributed by atoms with Crippen molar-refractivity contribution in [1.82, 2.24) is 15.1 Å². The summed E-state index contributed by atoms with van der Waals surface area (Å²) >= 11 is 0. The van der Waals surface area contributed by atoms with E-state index in [1.807, 2.05) is 4.68 Å². The summed E-state index contributed by atoms with van der Waals surface area (Å²) in [5.41, 5.74) is 1.38. The van der Waals surface area contributed by atoms with E-state index >= 15 is 0 Å². The second-order valence-corrected chi connectivity index (χ2v) is 6.11. The molecule has 24 heavy (non-hydrogen) atoms. The summed E-state index contributed by atoms with van der Waals surface area (Å²) in [6.45, 7) is 7.76. The number of aromatic nitrogens is 2. The van der Waals surface area contributed by atoms with Crippen molar-refractivity contribution in [3.8, 4) is 0 Å². The zero-order valence-electron chi connectivity index (χ0n) is 14.2. The van der Waals surface area contributed by atoms with Gasteiger partial charge in [0.15, 0.2) is 6.04 Å². The maximum Gasteiger partial charge on any atom is 0.328 e. The molecule has 1 aliphatic rings. The van der Waals surface area contributed by atoms with E-state index in [0.717, 1.165) is 25.0 Å². The van der Waals surface area contributed by atoms with Crippen LogP contribution in [0, 0.1) is 0 Å². The van der Waals surface area contributed by atoms with Gasteiger partial charge in [0.25, 0.3) is 5.91 Å². The molecule has 7 nitrogen and oxygen atoms in total. The maximum absolute atomic E-state index is 12.6. The van der Waals surface area contributed by atoms with Crippen LogP contribution in [0.5, 0.6) is 0 Å². The van der Waals surface area contributed by atoms with Crippen LogP contribution in [0.15, 0.2) is 18.9 Å². The molecule has 1 aliphatic carbocycles. The lowest BCUT2D eigenvalue weighted by atomic mass is 10.1. The first-order valence-electron chi connectivity index (χ1n) is 8.29. The highest BCUT2D eigenvalue weighted by Gasteiger charge is 2.34. The van der Waals surface area contributed by atoms with Crippen LogP contribution in [-0.2, 0) is 9.53 Å².